The molecule has 122 valence electrons. The first-order chi connectivity index (χ1) is 11.3. The molecule has 0 aliphatic carbocycles. The van der Waals surface area contributed by atoms with Crippen LogP contribution in [-0.2, 0) is 16.4 Å². The van der Waals surface area contributed by atoms with Gasteiger partial charge in [-0.1, -0.05) is 24.3 Å². The molecule has 2 aromatic carbocycles. The lowest BCUT2D eigenvalue weighted by Crippen LogP contribution is -2.30. The van der Waals surface area contributed by atoms with Gasteiger partial charge in [0.25, 0.3) is 15.9 Å². The fraction of sp³-hybridized carbons (Fsp3) is 0.118. The zero-order valence-electron chi connectivity index (χ0n) is 12.8. The molecule has 7 heteroatoms. The van der Waals surface area contributed by atoms with Gasteiger partial charge in [-0.3, -0.25) is 9.59 Å². The van der Waals surface area contributed by atoms with Crippen LogP contribution < -0.4 is 4.72 Å². The molecule has 2 rings (SSSR count). The summed E-state index contributed by atoms with van der Waals surface area (Å²) in [7, 11) is -4.05. The fourth-order valence-corrected chi connectivity index (χ4v) is 3.00. The Balaban J connectivity index is 2.22. The van der Waals surface area contributed by atoms with Crippen LogP contribution in [0, 0.1) is 11.3 Å². The highest BCUT2D eigenvalue weighted by atomic mass is 32.2. The summed E-state index contributed by atoms with van der Waals surface area (Å²) in [4.78, 5) is 23.2. The average Bonchev–Trinajstić information content (AvgIpc) is 2.55. The number of hydrogen-bond acceptors (Lipinski definition) is 5. The zero-order valence-corrected chi connectivity index (χ0v) is 13.6. The number of carbonyl (C=O) groups excluding carboxylic acids is 2. The smallest absolute Gasteiger partial charge is 0.265 e. The molecule has 1 amide bonds. The van der Waals surface area contributed by atoms with Crippen molar-refractivity contribution in [2.75, 3.05) is 0 Å². The average molecular weight is 342 g/mol. The Morgan fingerprint density at radius 2 is 1.75 bits per heavy atom. The number of carbonyl (C=O) groups is 2. The van der Waals surface area contributed by atoms with Crippen molar-refractivity contribution < 1.29 is 18.0 Å². The number of nitriles is 1. The van der Waals surface area contributed by atoms with Crippen molar-refractivity contribution in [3.8, 4) is 6.07 Å². The lowest BCUT2D eigenvalue weighted by atomic mass is 10.1. The number of amides is 1. The molecule has 0 atom stereocenters. The number of nitrogens with one attached hydrogen (secondary N) is 1. The van der Waals surface area contributed by atoms with Gasteiger partial charge in [-0.05, 0) is 36.8 Å². The van der Waals surface area contributed by atoms with E-state index in [1.54, 1.807) is 12.1 Å². The van der Waals surface area contributed by atoms with Crippen LogP contribution in [0.3, 0.4) is 0 Å². The molecule has 2 aromatic rings. The van der Waals surface area contributed by atoms with Crippen molar-refractivity contribution in [1.29, 1.82) is 5.26 Å². The quantitative estimate of drug-likeness (QED) is 0.838. The second-order valence-corrected chi connectivity index (χ2v) is 6.73. The number of Topliss-reactive ketones (excluding diaryl/α,β-unsaturated/α-hetero) is 1. The van der Waals surface area contributed by atoms with Gasteiger partial charge in [0.05, 0.1) is 17.4 Å². The minimum absolute atomic E-state index is 0.117. The minimum atomic E-state index is -4.05. The number of nitrogens with zero attached hydrogens (tertiary/aromatic N) is 1. The van der Waals surface area contributed by atoms with Gasteiger partial charge in [-0.25, -0.2) is 13.1 Å². The summed E-state index contributed by atoms with van der Waals surface area (Å²) in [6.45, 7) is 1.37. The van der Waals surface area contributed by atoms with Gasteiger partial charge in [-0.15, -0.1) is 0 Å². The van der Waals surface area contributed by atoms with E-state index in [-0.39, 0.29) is 22.7 Å². The fourth-order valence-electron chi connectivity index (χ4n) is 2.02. The molecule has 0 aliphatic heterocycles. The van der Waals surface area contributed by atoms with Gasteiger partial charge in [0.1, 0.15) is 0 Å². The Kier molecular flexibility index (Phi) is 5.11. The van der Waals surface area contributed by atoms with E-state index in [4.69, 9.17) is 5.26 Å². The molecule has 0 saturated carbocycles. The number of sulfonamides is 1. The first kappa shape index (κ1) is 17.4. The molecule has 0 radical (unpaired) electrons. The van der Waals surface area contributed by atoms with Crippen LogP contribution in [0.15, 0.2) is 53.4 Å². The van der Waals surface area contributed by atoms with E-state index in [1.165, 1.54) is 43.3 Å². The van der Waals surface area contributed by atoms with Crippen LogP contribution in [-0.4, -0.2) is 20.1 Å². The Labute approximate surface area is 139 Å². The number of ketones is 1. The van der Waals surface area contributed by atoms with Crippen LogP contribution in [0.25, 0.3) is 0 Å². The van der Waals surface area contributed by atoms with Crippen LogP contribution in [0.5, 0.6) is 0 Å². The topological polar surface area (TPSA) is 104 Å². The van der Waals surface area contributed by atoms with E-state index in [0.29, 0.717) is 11.1 Å². The lowest BCUT2D eigenvalue weighted by Gasteiger charge is -2.08. The Hall–Kier alpha value is -2.98. The van der Waals surface area contributed by atoms with E-state index >= 15 is 0 Å². The van der Waals surface area contributed by atoms with Crippen molar-refractivity contribution in [2.45, 2.75) is 18.2 Å². The zero-order chi connectivity index (χ0) is 17.7. The summed E-state index contributed by atoms with van der Waals surface area (Å²) in [5.41, 5.74) is 1.14. The Morgan fingerprint density at radius 3 is 2.33 bits per heavy atom. The summed E-state index contributed by atoms with van der Waals surface area (Å²) in [5, 5.41) is 8.68. The molecular formula is C17H14N2O4S. The summed E-state index contributed by atoms with van der Waals surface area (Å²) >= 11 is 0. The van der Waals surface area contributed by atoms with Crippen molar-refractivity contribution in [2.24, 2.45) is 0 Å². The van der Waals surface area contributed by atoms with Crippen LogP contribution in [0.1, 0.15) is 33.2 Å². The Bertz CT molecular complexity index is 926. The second kappa shape index (κ2) is 7.06. The van der Waals surface area contributed by atoms with Gasteiger partial charge < -0.3 is 0 Å². The van der Waals surface area contributed by atoms with Gasteiger partial charge in [-0.2, -0.15) is 5.26 Å². The van der Waals surface area contributed by atoms with Crippen molar-refractivity contribution in [3.05, 3.63) is 65.2 Å². The maximum Gasteiger partial charge on any atom is 0.265 e. The van der Waals surface area contributed by atoms with Gasteiger partial charge in [0.15, 0.2) is 5.78 Å². The van der Waals surface area contributed by atoms with E-state index < -0.39 is 15.9 Å². The summed E-state index contributed by atoms with van der Waals surface area (Å²) in [6.07, 6.45) is 0.125. The van der Waals surface area contributed by atoms with E-state index in [0.717, 1.165) is 0 Å². The third kappa shape index (κ3) is 4.06. The molecule has 0 aliphatic rings. The first-order valence-corrected chi connectivity index (χ1v) is 8.46. The highest BCUT2D eigenvalue weighted by Crippen LogP contribution is 2.12. The highest BCUT2D eigenvalue weighted by Gasteiger charge is 2.19. The molecule has 0 bridgehead atoms. The summed E-state index contributed by atoms with van der Waals surface area (Å²) in [5.74, 6) is -0.970. The largest absolute Gasteiger partial charge is 0.295 e. The maximum absolute atomic E-state index is 12.2. The Morgan fingerprint density at radius 1 is 1.08 bits per heavy atom. The molecule has 0 unspecified atom stereocenters. The molecule has 0 heterocycles. The molecular weight excluding hydrogens is 328 g/mol. The van der Waals surface area contributed by atoms with Gasteiger partial charge >= 0.3 is 0 Å². The molecule has 0 spiro atoms. The third-order valence-corrected chi connectivity index (χ3v) is 4.62. The maximum atomic E-state index is 12.2. The predicted octanol–water partition coefficient (Wildman–Crippen LogP) is 2.07. The van der Waals surface area contributed by atoms with E-state index in [1.807, 2.05) is 10.8 Å². The lowest BCUT2D eigenvalue weighted by molar-refractivity contribution is 0.0979. The van der Waals surface area contributed by atoms with Crippen LogP contribution in [0.2, 0.25) is 0 Å². The van der Waals surface area contributed by atoms with Gasteiger partial charge in [0, 0.05) is 11.1 Å². The predicted molar refractivity (Wildman–Crippen MR) is 86.9 cm³/mol. The molecule has 6 nitrogen and oxygen atoms in total. The molecule has 0 fully saturated rings. The van der Waals surface area contributed by atoms with Crippen LogP contribution >= 0.6 is 0 Å². The van der Waals surface area contributed by atoms with E-state index in [2.05, 4.69) is 0 Å². The molecule has 0 aromatic heterocycles. The van der Waals surface area contributed by atoms with Gasteiger partial charge in [0.2, 0.25) is 0 Å². The van der Waals surface area contributed by atoms with Crippen molar-refractivity contribution in [3.63, 3.8) is 0 Å². The summed E-state index contributed by atoms with van der Waals surface area (Å²) in [6, 6.07) is 13.4. The molecule has 24 heavy (non-hydrogen) atoms. The SMILES string of the molecule is CC(=O)c1ccc(S(=O)(=O)NC(=O)c2cccc(CC#N)c2)cc1. The normalized spacial score (nSPS) is 10.7. The molecule has 0 saturated heterocycles. The summed E-state index contributed by atoms with van der Waals surface area (Å²) < 4.78 is 26.4. The van der Waals surface area contributed by atoms with Crippen molar-refractivity contribution in [1.82, 2.24) is 4.72 Å². The third-order valence-electron chi connectivity index (χ3n) is 3.27. The minimum Gasteiger partial charge on any atom is -0.295 e. The number of benzene rings is 2. The first-order valence-electron chi connectivity index (χ1n) is 6.97. The number of hydrogen-bond donors (Lipinski definition) is 1. The molecule has 1 N–H and O–H groups in total. The van der Waals surface area contributed by atoms with Crippen LogP contribution in [0.4, 0.5) is 0 Å². The number of rotatable bonds is 5. The second-order valence-electron chi connectivity index (χ2n) is 5.05. The van der Waals surface area contributed by atoms with E-state index in [9.17, 15) is 18.0 Å². The highest BCUT2D eigenvalue weighted by molar-refractivity contribution is 7.90. The van der Waals surface area contributed by atoms with Crippen molar-refractivity contribution >= 4 is 21.7 Å². The standard InChI is InChI=1S/C17H14N2O4S/c1-12(20)14-5-7-16(8-6-14)24(22,23)19-17(21)15-4-2-3-13(11-15)9-10-18/h2-8,11H,9H2,1H3,(H,19,21). The monoisotopic (exact) mass is 342 g/mol.